The van der Waals surface area contributed by atoms with E-state index in [1.54, 1.807) is 0 Å². The molecule has 1 atom stereocenters. The topological polar surface area (TPSA) is 110 Å². The first-order valence-electron chi connectivity index (χ1n) is 7.71. The Bertz CT molecular complexity index is 671. The van der Waals surface area contributed by atoms with Crippen LogP contribution in [0.4, 0.5) is 11.9 Å². The molecule has 0 bridgehead atoms. The van der Waals surface area contributed by atoms with Crippen LogP contribution in [0, 0.1) is 6.92 Å². The van der Waals surface area contributed by atoms with E-state index in [1.165, 1.54) is 0 Å². The van der Waals surface area contributed by atoms with E-state index in [2.05, 4.69) is 30.0 Å². The second kappa shape index (κ2) is 6.45. The minimum atomic E-state index is 0.250. The van der Waals surface area contributed by atoms with E-state index >= 15 is 0 Å². The zero-order valence-corrected chi connectivity index (χ0v) is 13.7. The maximum absolute atomic E-state index is 5.78. The third kappa shape index (κ3) is 3.73. The van der Waals surface area contributed by atoms with E-state index in [0.717, 1.165) is 31.8 Å². The highest BCUT2D eigenvalue weighted by Gasteiger charge is 2.26. The fourth-order valence-electron chi connectivity index (χ4n) is 2.78. The van der Waals surface area contributed by atoms with Crippen LogP contribution in [0.5, 0.6) is 0 Å². The van der Waals surface area contributed by atoms with E-state index in [9.17, 15) is 0 Å². The molecule has 3 heterocycles. The molecular formula is C14H22N8O. The molecule has 1 aliphatic heterocycles. The first kappa shape index (κ1) is 15.6. The van der Waals surface area contributed by atoms with Gasteiger partial charge < -0.3 is 15.2 Å². The Labute approximate surface area is 134 Å². The summed E-state index contributed by atoms with van der Waals surface area (Å²) in [6.07, 6.45) is 2.13. The number of nitrogens with two attached hydrogens (primary N) is 1. The number of anilines is 2. The molecule has 0 unspecified atom stereocenters. The van der Waals surface area contributed by atoms with Gasteiger partial charge in [0.25, 0.3) is 0 Å². The summed E-state index contributed by atoms with van der Waals surface area (Å²) in [5.41, 5.74) is 5.78. The summed E-state index contributed by atoms with van der Waals surface area (Å²) in [4.78, 5) is 21.3. The van der Waals surface area contributed by atoms with Gasteiger partial charge in [0.1, 0.15) is 5.82 Å². The van der Waals surface area contributed by atoms with Crippen LogP contribution in [0.2, 0.25) is 0 Å². The summed E-state index contributed by atoms with van der Waals surface area (Å²) in [6, 6.07) is 0. The molecule has 1 saturated heterocycles. The van der Waals surface area contributed by atoms with Crippen molar-refractivity contribution in [2.24, 2.45) is 0 Å². The van der Waals surface area contributed by atoms with Crippen molar-refractivity contribution in [3.05, 3.63) is 17.5 Å². The first-order chi connectivity index (χ1) is 11.0. The van der Waals surface area contributed by atoms with Crippen molar-refractivity contribution in [2.75, 3.05) is 37.8 Å². The first-order valence-corrected chi connectivity index (χ1v) is 7.71. The molecular weight excluding hydrogens is 296 g/mol. The van der Waals surface area contributed by atoms with Crippen molar-refractivity contribution in [2.45, 2.75) is 32.2 Å². The van der Waals surface area contributed by atoms with Gasteiger partial charge in [-0.3, -0.25) is 4.90 Å². The van der Waals surface area contributed by atoms with Gasteiger partial charge in [-0.2, -0.15) is 19.9 Å². The summed E-state index contributed by atoms with van der Waals surface area (Å²) < 4.78 is 5.32. The van der Waals surface area contributed by atoms with E-state index in [0.29, 0.717) is 24.1 Å². The Morgan fingerprint density at radius 2 is 2.09 bits per heavy atom. The molecule has 0 aromatic carbocycles. The number of rotatable bonds is 4. The Hall–Kier alpha value is -2.29. The quantitative estimate of drug-likeness (QED) is 0.865. The molecule has 2 aromatic heterocycles. The van der Waals surface area contributed by atoms with Crippen LogP contribution in [-0.4, -0.2) is 57.2 Å². The van der Waals surface area contributed by atoms with Crippen LogP contribution < -0.4 is 10.6 Å². The number of aryl methyl sites for hydroxylation is 1. The largest absolute Gasteiger partial charge is 0.368 e. The average molecular weight is 318 g/mol. The maximum atomic E-state index is 5.78. The second-order valence-electron chi connectivity index (χ2n) is 6.06. The molecule has 9 nitrogen and oxygen atoms in total. The van der Waals surface area contributed by atoms with Crippen LogP contribution in [0.25, 0.3) is 0 Å². The molecule has 9 heteroatoms. The highest BCUT2D eigenvalue weighted by atomic mass is 16.5. The van der Waals surface area contributed by atoms with Gasteiger partial charge in [-0.1, -0.05) is 5.16 Å². The van der Waals surface area contributed by atoms with Crippen molar-refractivity contribution in [3.63, 3.8) is 0 Å². The second-order valence-corrected chi connectivity index (χ2v) is 6.06. The summed E-state index contributed by atoms with van der Waals surface area (Å²) in [6.45, 7) is 4.32. The van der Waals surface area contributed by atoms with Gasteiger partial charge in [-0.25, -0.2) is 0 Å². The molecule has 2 aromatic rings. The van der Waals surface area contributed by atoms with Crippen LogP contribution in [0.3, 0.4) is 0 Å². The summed E-state index contributed by atoms with van der Waals surface area (Å²) in [7, 11) is 3.76. The Morgan fingerprint density at radius 1 is 1.26 bits per heavy atom. The number of aromatic nitrogens is 5. The third-order valence-electron chi connectivity index (χ3n) is 3.85. The van der Waals surface area contributed by atoms with Crippen molar-refractivity contribution in [1.82, 2.24) is 30.0 Å². The lowest BCUT2D eigenvalue weighted by molar-refractivity contribution is 0.176. The fourth-order valence-corrected chi connectivity index (χ4v) is 2.78. The minimum absolute atomic E-state index is 0.250. The number of hydrogen-bond acceptors (Lipinski definition) is 9. The highest BCUT2D eigenvalue weighted by Crippen LogP contribution is 2.26. The molecule has 2 N–H and O–H groups in total. The molecule has 124 valence electrons. The summed E-state index contributed by atoms with van der Waals surface area (Å²) >= 11 is 0. The summed E-state index contributed by atoms with van der Waals surface area (Å²) in [5, 5.41) is 3.88. The van der Waals surface area contributed by atoms with E-state index in [4.69, 9.17) is 10.3 Å². The van der Waals surface area contributed by atoms with Crippen LogP contribution in [0.15, 0.2) is 4.52 Å². The van der Waals surface area contributed by atoms with E-state index in [1.807, 2.05) is 25.9 Å². The highest BCUT2D eigenvalue weighted by molar-refractivity contribution is 5.32. The van der Waals surface area contributed by atoms with Crippen molar-refractivity contribution < 1.29 is 4.52 Å². The Balaban J connectivity index is 1.70. The van der Waals surface area contributed by atoms with Crippen LogP contribution in [0.1, 0.15) is 36.3 Å². The van der Waals surface area contributed by atoms with Crippen molar-refractivity contribution in [3.8, 4) is 0 Å². The Kier molecular flexibility index (Phi) is 4.37. The van der Waals surface area contributed by atoms with Gasteiger partial charge in [0.2, 0.25) is 17.8 Å². The van der Waals surface area contributed by atoms with E-state index in [-0.39, 0.29) is 11.9 Å². The molecule has 0 amide bonds. The lowest BCUT2D eigenvalue weighted by atomic mass is 9.98. The molecule has 1 aliphatic rings. The zero-order valence-electron chi connectivity index (χ0n) is 13.7. The molecule has 1 fully saturated rings. The lowest BCUT2D eigenvalue weighted by Crippen LogP contribution is -2.34. The van der Waals surface area contributed by atoms with Crippen molar-refractivity contribution >= 4 is 11.9 Å². The van der Waals surface area contributed by atoms with Crippen molar-refractivity contribution in [1.29, 1.82) is 0 Å². The van der Waals surface area contributed by atoms with Gasteiger partial charge in [0.05, 0.1) is 12.5 Å². The number of piperidine rings is 1. The molecule has 0 spiro atoms. The number of hydrogen-bond donors (Lipinski definition) is 1. The number of nitrogens with zero attached hydrogens (tertiary/aromatic N) is 7. The van der Waals surface area contributed by atoms with Gasteiger partial charge in [0.15, 0.2) is 5.82 Å². The lowest BCUT2D eigenvalue weighted by Gasteiger charge is -2.30. The molecule has 0 radical (unpaired) electrons. The number of nitrogen functional groups attached to an aromatic ring is 1. The molecule has 0 aliphatic carbocycles. The fraction of sp³-hybridized carbons (Fsp3) is 0.643. The van der Waals surface area contributed by atoms with Gasteiger partial charge >= 0.3 is 0 Å². The molecule has 23 heavy (non-hydrogen) atoms. The van der Waals surface area contributed by atoms with Gasteiger partial charge in [-0.05, 0) is 26.3 Å². The van der Waals surface area contributed by atoms with Gasteiger partial charge in [-0.15, -0.1) is 0 Å². The van der Waals surface area contributed by atoms with Crippen LogP contribution in [-0.2, 0) is 6.54 Å². The number of likely N-dealkylation sites (tertiary alicyclic amines) is 1. The zero-order chi connectivity index (χ0) is 16.4. The smallest absolute Gasteiger partial charge is 0.231 e. The third-order valence-corrected chi connectivity index (χ3v) is 3.85. The monoisotopic (exact) mass is 318 g/mol. The average Bonchev–Trinajstić information content (AvgIpc) is 2.93. The summed E-state index contributed by atoms with van der Waals surface area (Å²) in [5.74, 6) is 3.17. The van der Waals surface area contributed by atoms with E-state index < -0.39 is 0 Å². The van der Waals surface area contributed by atoms with Crippen LogP contribution >= 0.6 is 0 Å². The minimum Gasteiger partial charge on any atom is -0.368 e. The predicted molar refractivity (Wildman–Crippen MR) is 84.9 cm³/mol. The Morgan fingerprint density at radius 3 is 2.78 bits per heavy atom. The normalized spacial score (nSPS) is 19.0. The molecule has 0 saturated carbocycles. The molecule has 3 rings (SSSR count). The SMILES string of the molecule is Cc1noc([C@H]2CCCN(Cc3nc(N)nc(N(C)C)n3)C2)n1. The predicted octanol–water partition coefficient (Wildman–Crippen LogP) is 0.591. The maximum Gasteiger partial charge on any atom is 0.231 e. The standard InChI is InChI=1S/C14H22N8O/c1-9-16-12(23-20-9)10-5-4-6-22(7-10)8-11-17-13(15)19-14(18-11)21(2)3/h10H,4-8H2,1-3H3,(H2,15,17,18,19)/t10-/m0/s1. The van der Waals surface area contributed by atoms with Gasteiger partial charge in [0, 0.05) is 20.6 Å².